The number of rotatable bonds is 5. The third-order valence-corrected chi connectivity index (χ3v) is 6.81. The van der Waals surface area contributed by atoms with Gasteiger partial charge in [0.25, 0.3) is 0 Å². The second kappa shape index (κ2) is 7.82. The number of thioether (sulfide) groups is 1. The molecule has 1 aliphatic rings. The maximum absolute atomic E-state index is 13.7. The van der Waals surface area contributed by atoms with Crippen molar-refractivity contribution in [2.45, 2.75) is 15.5 Å². The zero-order valence-corrected chi connectivity index (χ0v) is 15.0. The molecule has 0 N–H and O–H groups in total. The van der Waals surface area contributed by atoms with E-state index in [1.807, 2.05) is 0 Å². The second-order valence-corrected chi connectivity index (χ2v) is 8.48. The summed E-state index contributed by atoms with van der Waals surface area (Å²) in [4.78, 5) is 0.537. The minimum Gasteiger partial charge on any atom is -0.379 e. The third-order valence-electron chi connectivity index (χ3n) is 3.79. The Labute approximate surface area is 149 Å². The Hall–Kier alpha value is -1.48. The molecule has 134 valence electrons. The molecule has 0 aliphatic carbocycles. The molecule has 8 heteroatoms. The molecular formula is C17H17F2NO3S2. The average Bonchev–Trinajstić information content (AvgIpc) is 2.62. The van der Waals surface area contributed by atoms with Gasteiger partial charge in [-0.25, -0.2) is 17.2 Å². The number of nitrogens with zero attached hydrogens (tertiary/aromatic N) is 1. The molecule has 0 radical (unpaired) electrons. The lowest BCUT2D eigenvalue weighted by Crippen LogP contribution is -2.40. The first-order valence-corrected chi connectivity index (χ1v) is 10.1. The molecule has 0 atom stereocenters. The monoisotopic (exact) mass is 385 g/mol. The Morgan fingerprint density at radius 3 is 2.56 bits per heavy atom. The van der Waals surface area contributed by atoms with E-state index in [1.165, 1.54) is 28.2 Å². The zero-order valence-electron chi connectivity index (χ0n) is 13.3. The van der Waals surface area contributed by atoms with Gasteiger partial charge in [-0.05, 0) is 29.8 Å². The molecule has 25 heavy (non-hydrogen) atoms. The highest BCUT2D eigenvalue weighted by molar-refractivity contribution is 7.98. The molecule has 1 heterocycles. The first-order chi connectivity index (χ1) is 12.0. The van der Waals surface area contributed by atoms with Crippen LogP contribution in [0.3, 0.4) is 0 Å². The summed E-state index contributed by atoms with van der Waals surface area (Å²) in [6.07, 6.45) is 0. The molecule has 2 aromatic carbocycles. The van der Waals surface area contributed by atoms with Gasteiger partial charge in [0.15, 0.2) is 0 Å². The quantitative estimate of drug-likeness (QED) is 0.741. The van der Waals surface area contributed by atoms with Crippen molar-refractivity contribution >= 4 is 21.8 Å². The lowest BCUT2D eigenvalue weighted by Gasteiger charge is -2.26. The fourth-order valence-corrected chi connectivity index (χ4v) is 4.83. The summed E-state index contributed by atoms with van der Waals surface area (Å²) < 4.78 is 58.6. The van der Waals surface area contributed by atoms with Gasteiger partial charge in [0.1, 0.15) is 11.6 Å². The smallest absolute Gasteiger partial charge is 0.243 e. The molecule has 0 amide bonds. The van der Waals surface area contributed by atoms with E-state index in [9.17, 15) is 17.2 Å². The molecule has 1 fully saturated rings. The fraction of sp³-hybridized carbons (Fsp3) is 0.294. The van der Waals surface area contributed by atoms with Crippen LogP contribution in [0.4, 0.5) is 8.78 Å². The van der Waals surface area contributed by atoms with E-state index >= 15 is 0 Å². The average molecular weight is 385 g/mol. The predicted octanol–water partition coefficient (Wildman–Crippen LogP) is 3.28. The molecule has 0 aromatic heterocycles. The first-order valence-electron chi connectivity index (χ1n) is 7.71. The molecule has 0 bridgehead atoms. The summed E-state index contributed by atoms with van der Waals surface area (Å²) >= 11 is 1.19. The lowest BCUT2D eigenvalue weighted by molar-refractivity contribution is 0.0730. The Morgan fingerprint density at radius 1 is 1.08 bits per heavy atom. The van der Waals surface area contributed by atoms with Crippen LogP contribution < -0.4 is 0 Å². The fourth-order valence-electron chi connectivity index (χ4n) is 2.49. The highest BCUT2D eigenvalue weighted by Crippen LogP contribution is 2.27. The normalized spacial score (nSPS) is 16.1. The van der Waals surface area contributed by atoms with Crippen molar-refractivity contribution in [2.75, 3.05) is 26.3 Å². The highest BCUT2D eigenvalue weighted by Gasteiger charge is 2.26. The number of ether oxygens (including phenoxy) is 1. The maximum Gasteiger partial charge on any atom is 0.243 e. The summed E-state index contributed by atoms with van der Waals surface area (Å²) in [6.45, 7) is 1.45. The van der Waals surface area contributed by atoms with E-state index in [0.717, 1.165) is 11.6 Å². The van der Waals surface area contributed by atoms with Crippen molar-refractivity contribution in [2.24, 2.45) is 0 Å². The van der Waals surface area contributed by atoms with Gasteiger partial charge in [-0.1, -0.05) is 12.1 Å². The molecule has 0 unspecified atom stereocenters. The zero-order chi connectivity index (χ0) is 17.9. The molecule has 4 nitrogen and oxygen atoms in total. The Bertz CT molecular complexity index is 853. The van der Waals surface area contributed by atoms with Gasteiger partial charge < -0.3 is 4.74 Å². The number of halogens is 2. The van der Waals surface area contributed by atoms with Gasteiger partial charge in [0.2, 0.25) is 10.0 Å². The van der Waals surface area contributed by atoms with Gasteiger partial charge in [-0.15, -0.1) is 11.8 Å². The summed E-state index contributed by atoms with van der Waals surface area (Å²) in [5.41, 5.74) is 0.753. The van der Waals surface area contributed by atoms with Crippen molar-refractivity contribution in [1.82, 2.24) is 4.31 Å². The summed E-state index contributed by atoms with van der Waals surface area (Å²) in [5, 5.41) is 0. The maximum atomic E-state index is 13.7. The number of sulfonamides is 1. The Kier molecular flexibility index (Phi) is 5.73. The largest absolute Gasteiger partial charge is 0.379 e. The minimum atomic E-state index is -3.56. The molecule has 1 saturated heterocycles. The second-order valence-electron chi connectivity index (χ2n) is 5.53. The van der Waals surface area contributed by atoms with Crippen molar-refractivity contribution < 1.29 is 21.9 Å². The standard InChI is InChI=1S/C17H17F2NO3S2/c18-14-4-5-17(16(19)11-14)24-12-13-2-1-3-15(10-13)25(21,22)20-6-8-23-9-7-20/h1-5,10-11H,6-9,12H2. The van der Waals surface area contributed by atoms with E-state index in [4.69, 9.17) is 4.74 Å². The summed E-state index contributed by atoms with van der Waals surface area (Å²) in [5.74, 6) is -0.864. The molecule has 3 rings (SSSR count). The summed E-state index contributed by atoms with van der Waals surface area (Å²) in [7, 11) is -3.56. The van der Waals surface area contributed by atoms with Crippen LogP contribution in [-0.4, -0.2) is 39.0 Å². The third kappa shape index (κ3) is 4.38. The number of morpholine rings is 1. The molecule has 0 spiro atoms. The van der Waals surface area contributed by atoms with Gasteiger partial charge in [0.05, 0.1) is 18.1 Å². The van der Waals surface area contributed by atoms with Crippen LogP contribution in [0.25, 0.3) is 0 Å². The van der Waals surface area contributed by atoms with Crippen LogP contribution in [0.1, 0.15) is 5.56 Å². The van der Waals surface area contributed by atoms with Crippen LogP contribution in [0, 0.1) is 11.6 Å². The van der Waals surface area contributed by atoms with Crippen molar-refractivity contribution in [3.8, 4) is 0 Å². The van der Waals surface area contributed by atoms with Crippen LogP contribution in [0.5, 0.6) is 0 Å². The van der Waals surface area contributed by atoms with Gasteiger partial charge in [0, 0.05) is 29.8 Å². The van der Waals surface area contributed by atoms with E-state index in [0.29, 0.717) is 37.0 Å². The Balaban J connectivity index is 1.75. The van der Waals surface area contributed by atoms with Gasteiger partial charge >= 0.3 is 0 Å². The van der Waals surface area contributed by atoms with E-state index < -0.39 is 21.7 Å². The van der Waals surface area contributed by atoms with Gasteiger partial charge in [-0.3, -0.25) is 0 Å². The van der Waals surface area contributed by atoms with Crippen LogP contribution >= 0.6 is 11.8 Å². The molecule has 1 aliphatic heterocycles. The first kappa shape index (κ1) is 18.3. The Morgan fingerprint density at radius 2 is 1.84 bits per heavy atom. The van der Waals surface area contributed by atoms with Crippen molar-refractivity contribution in [1.29, 1.82) is 0 Å². The van der Waals surface area contributed by atoms with Crippen LogP contribution in [0.15, 0.2) is 52.3 Å². The van der Waals surface area contributed by atoms with E-state index in [1.54, 1.807) is 24.3 Å². The SMILES string of the molecule is O=S(=O)(c1cccc(CSc2ccc(F)cc2F)c1)N1CCOCC1. The molecule has 0 saturated carbocycles. The van der Waals surface area contributed by atoms with Crippen molar-refractivity contribution in [3.63, 3.8) is 0 Å². The molecule has 2 aromatic rings. The number of hydrogen-bond acceptors (Lipinski definition) is 4. The van der Waals surface area contributed by atoms with Crippen LogP contribution in [0.2, 0.25) is 0 Å². The molecular weight excluding hydrogens is 368 g/mol. The van der Waals surface area contributed by atoms with E-state index in [-0.39, 0.29) is 4.90 Å². The van der Waals surface area contributed by atoms with Gasteiger partial charge in [-0.2, -0.15) is 4.31 Å². The van der Waals surface area contributed by atoms with Crippen molar-refractivity contribution in [3.05, 3.63) is 59.7 Å². The number of benzene rings is 2. The number of hydrogen-bond donors (Lipinski definition) is 0. The minimum absolute atomic E-state index is 0.215. The summed E-state index contributed by atoms with van der Waals surface area (Å²) in [6, 6.07) is 10.0. The van der Waals surface area contributed by atoms with Crippen LogP contribution in [-0.2, 0) is 20.5 Å². The highest BCUT2D eigenvalue weighted by atomic mass is 32.2. The van der Waals surface area contributed by atoms with E-state index in [2.05, 4.69) is 0 Å². The predicted molar refractivity (Wildman–Crippen MR) is 91.9 cm³/mol. The topological polar surface area (TPSA) is 46.6 Å². The lowest BCUT2D eigenvalue weighted by atomic mass is 10.2.